The molecule has 1 amide bonds. The third-order valence-corrected chi connectivity index (χ3v) is 3.34. The normalized spacial score (nSPS) is 13.0. The first-order chi connectivity index (χ1) is 9.74. The van der Waals surface area contributed by atoms with Gasteiger partial charge in [0, 0.05) is 24.7 Å². The molecule has 0 aliphatic carbocycles. The third-order valence-electron chi connectivity index (χ3n) is 3.01. The molecule has 0 saturated carbocycles. The number of carbonyl (C=O) groups is 1. The Kier molecular flexibility index (Phi) is 6.48. The Morgan fingerprint density at radius 1 is 1.38 bits per heavy atom. The SMILES string of the molecule is CCC(C)NCCC(=O)Nc1ccc(Cl)c(C(F)(F)F)c1. The first kappa shape index (κ1) is 17.8. The molecule has 7 heteroatoms. The van der Waals surface area contributed by atoms with Crippen LogP contribution in [0.3, 0.4) is 0 Å². The molecule has 1 unspecified atom stereocenters. The van der Waals surface area contributed by atoms with Gasteiger partial charge in [-0.2, -0.15) is 13.2 Å². The van der Waals surface area contributed by atoms with Crippen LogP contribution in [0.5, 0.6) is 0 Å². The van der Waals surface area contributed by atoms with E-state index in [0.717, 1.165) is 18.6 Å². The quantitative estimate of drug-likeness (QED) is 0.828. The van der Waals surface area contributed by atoms with Crippen LogP contribution in [0.15, 0.2) is 18.2 Å². The Morgan fingerprint density at radius 3 is 2.62 bits per heavy atom. The van der Waals surface area contributed by atoms with E-state index in [2.05, 4.69) is 10.6 Å². The lowest BCUT2D eigenvalue weighted by Crippen LogP contribution is -2.29. The topological polar surface area (TPSA) is 41.1 Å². The molecule has 2 N–H and O–H groups in total. The Balaban J connectivity index is 2.61. The summed E-state index contributed by atoms with van der Waals surface area (Å²) >= 11 is 5.51. The minimum atomic E-state index is -4.55. The van der Waals surface area contributed by atoms with E-state index < -0.39 is 11.7 Å². The van der Waals surface area contributed by atoms with E-state index in [9.17, 15) is 18.0 Å². The highest BCUT2D eigenvalue weighted by Crippen LogP contribution is 2.36. The minimum Gasteiger partial charge on any atom is -0.326 e. The summed E-state index contributed by atoms with van der Waals surface area (Å²) < 4.78 is 38.1. The molecule has 0 bridgehead atoms. The fourth-order valence-corrected chi connectivity index (χ4v) is 1.84. The van der Waals surface area contributed by atoms with Gasteiger partial charge in [-0.15, -0.1) is 0 Å². The highest BCUT2D eigenvalue weighted by Gasteiger charge is 2.33. The summed E-state index contributed by atoms with van der Waals surface area (Å²) in [6.45, 7) is 4.48. The van der Waals surface area contributed by atoms with Gasteiger partial charge in [0.15, 0.2) is 0 Å². The number of carbonyl (C=O) groups excluding carboxylic acids is 1. The van der Waals surface area contributed by atoms with Crippen LogP contribution in [-0.2, 0) is 11.0 Å². The molecule has 0 spiro atoms. The van der Waals surface area contributed by atoms with Crippen LogP contribution < -0.4 is 10.6 Å². The van der Waals surface area contributed by atoms with Crippen molar-refractivity contribution in [1.82, 2.24) is 5.32 Å². The maximum Gasteiger partial charge on any atom is 0.417 e. The Labute approximate surface area is 126 Å². The molecule has 1 aromatic carbocycles. The predicted octanol–water partition coefficient (Wildman–Crippen LogP) is 4.08. The summed E-state index contributed by atoms with van der Waals surface area (Å²) in [4.78, 5) is 11.7. The summed E-state index contributed by atoms with van der Waals surface area (Å²) in [5.41, 5.74) is -0.875. The smallest absolute Gasteiger partial charge is 0.326 e. The van der Waals surface area contributed by atoms with Gasteiger partial charge in [-0.25, -0.2) is 0 Å². The number of nitrogens with one attached hydrogen (secondary N) is 2. The zero-order chi connectivity index (χ0) is 16.0. The lowest BCUT2D eigenvalue weighted by atomic mass is 10.2. The van der Waals surface area contributed by atoms with Crippen LogP contribution in [0.1, 0.15) is 32.3 Å². The Hall–Kier alpha value is -1.27. The number of alkyl halides is 3. The molecule has 21 heavy (non-hydrogen) atoms. The van der Waals surface area contributed by atoms with Crippen molar-refractivity contribution < 1.29 is 18.0 Å². The summed E-state index contributed by atoms with van der Waals surface area (Å²) in [7, 11) is 0. The first-order valence-electron chi connectivity index (χ1n) is 6.64. The van der Waals surface area contributed by atoms with Crippen molar-refractivity contribution in [2.75, 3.05) is 11.9 Å². The van der Waals surface area contributed by atoms with Crippen LogP contribution in [0.4, 0.5) is 18.9 Å². The van der Waals surface area contributed by atoms with Gasteiger partial charge >= 0.3 is 6.18 Å². The van der Waals surface area contributed by atoms with Crippen molar-refractivity contribution in [3.05, 3.63) is 28.8 Å². The number of amides is 1. The van der Waals surface area contributed by atoms with Gasteiger partial charge in [-0.1, -0.05) is 18.5 Å². The van der Waals surface area contributed by atoms with E-state index >= 15 is 0 Å². The summed E-state index contributed by atoms with van der Waals surface area (Å²) in [5, 5.41) is 5.18. The van der Waals surface area contributed by atoms with E-state index in [1.807, 2.05) is 13.8 Å². The highest BCUT2D eigenvalue weighted by molar-refractivity contribution is 6.31. The van der Waals surface area contributed by atoms with Gasteiger partial charge in [0.05, 0.1) is 10.6 Å². The van der Waals surface area contributed by atoms with Crippen molar-refractivity contribution >= 4 is 23.2 Å². The molecule has 0 heterocycles. The summed E-state index contributed by atoms with van der Waals surface area (Å²) in [6, 6.07) is 3.60. The van der Waals surface area contributed by atoms with Crippen LogP contribution in [-0.4, -0.2) is 18.5 Å². The van der Waals surface area contributed by atoms with E-state index in [4.69, 9.17) is 11.6 Å². The van der Waals surface area contributed by atoms with Gasteiger partial charge in [0.1, 0.15) is 0 Å². The number of hydrogen-bond donors (Lipinski definition) is 2. The largest absolute Gasteiger partial charge is 0.417 e. The molecule has 118 valence electrons. The van der Waals surface area contributed by atoms with Gasteiger partial charge in [0.2, 0.25) is 5.91 Å². The molecular formula is C14H18ClF3N2O. The van der Waals surface area contributed by atoms with Gasteiger partial charge < -0.3 is 10.6 Å². The molecule has 1 rings (SSSR count). The average Bonchev–Trinajstić information content (AvgIpc) is 2.39. The number of halogens is 4. The zero-order valence-electron chi connectivity index (χ0n) is 11.9. The van der Waals surface area contributed by atoms with Gasteiger partial charge in [0.25, 0.3) is 0 Å². The van der Waals surface area contributed by atoms with Crippen molar-refractivity contribution in [3.63, 3.8) is 0 Å². The number of benzene rings is 1. The number of rotatable bonds is 6. The maximum atomic E-state index is 12.7. The molecule has 0 radical (unpaired) electrons. The van der Waals surface area contributed by atoms with E-state index in [0.29, 0.717) is 12.6 Å². The summed E-state index contributed by atoms with van der Waals surface area (Å²) in [5.74, 6) is -0.346. The lowest BCUT2D eigenvalue weighted by Gasteiger charge is -2.13. The number of hydrogen-bond acceptors (Lipinski definition) is 2. The fourth-order valence-electron chi connectivity index (χ4n) is 1.62. The van der Waals surface area contributed by atoms with Crippen molar-refractivity contribution in [2.24, 2.45) is 0 Å². The Bertz CT molecular complexity index is 492. The molecule has 1 aromatic rings. The second-order valence-electron chi connectivity index (χ2n) is 4.75. The van der Waals surface area contributed by atoms with E-state index in [1.54, 1.807) is 0 Å². The monoisotopic (exact) mass is 322 g/mol. The molecule has 0 aliphatic heterocycles. The molecule has 0 fully saturated rings. The third kappa shape index (κ3) is 5.93. The second kappa shape index (κ2) is 7.66. The van der Waals surface area contributed by atoms with Crippen molar-refractivity contribution in [2.45, 2.75) is 38.9 Å². The van der Waals surface area contributed by atoms with Crippen molar-refractivity contribution in [3.8, 4) is 0 Å². The predicted molar refractivity (Wildman–Crippen MR) is 77.5 cm³/mol. The maximum absolute atomic E-state index is 12.7. The molecule has 1 atom stereocenters. The van der Waals surface area contributed by atoms with Crippen LogP contribution in [0.2, 0.25) is 5.02 Å². The fraction of sp³-hybridized carbons (Fsp3) is 0.500. The van der Waals surface area contributed by atoms with Crippen LogP contribution >= 0.6 is 11.6 Å². The molecular weight excluding hydrogens is 305 g/mol. The zero-order valence-corrected chi connectivity index (χ0v) is 12.6. The van der Waals surface area contributed by atoms with Crippen LogP contribution in [0, 0.1) is 0 Å². The van der Waals surface area contributed by atoms with Crippen molar-refractivity contribution in [1.29, 1.82) is 0 Å². The molecule has 3 nitrogen and oxygen atoms in total. The average molecular weight is 323 g/mol. The molecule has 0 aliphatic rings. The molecule has 0 aromatic heterocycles. The van der Waals surface area contributed by atoms with Gasteiger partial charge in [-0.05, 0) is 31.5 Å². The first-order valence-corrected chi connectivity index (χ1v) is 7.01. The van der Waals surface area contributed by atoms with Gasteiger partial charge in [-0.3, -0.25) is 4.79 Å². The summed E-state index contributed by atoms with van der Waals surface area (Å²) in [6.07, 6.45) is -3.42. The highest BCUT2D eigenvalue weighted by atomic mass is 35.5. The van der Waals surface area contributed by atoms with Crippen LogP contribution in [0.25, 0.3) is 0 Å². The Morgan fingerprint density at radius 2 is 2.05 bits per heavy atom. The number of anilines is 1. The second-order valence-corrected chi connectivity index (χ2v) is 5.16. The lowest BCUT2D eigenvalue weighted by molar-refractivity contribution is -0.137. The van der Waals surface area contributed by atoms with E-state index in [-0.39, 0.29) is 23.0 Å². The minimum absolute atomic E-state index is 0.0836. The van der Waals surface area contributed by atoms with E-state index in [1.165, 1.54) is 6.07 Å². The molecule has 0 saturated heterocycles. The standard InChI is InChI=1S/C14H18ClF3N2O/c1-3-9(2)19-7-6-13(21)20-10-4-5-12(15)11(8-10)14(16,17)18/h4-5,8-9,19H,3,6-7H2,1-2H3,(H,20,21).